The highest BCUT2D eigenvalue weighted by atomic mass is 16.6. The molecule has 0 spiro atoms. The maximum absolute atomic E-state index is 8.83. The zero-order chi connectivity index (χ0) is 13.4. The molecule has 1 saturated heterocycles. The zero-order valence-electron chi connectivity index (χ0n) is 11.6. The van der Waals surface area contributed by atoms with Gasteiger partial charge in [0.15, 0.2) is 0 Å². The number of hydrogen-bond donors (Lipinski definition) is 1. The van der Waals surface area contributed by atoms with E-state index in [1.165, 1.54) is 0 Å². The van der Waals surface area contributed by atoms with Gasteiger partial charge in [0.1, 0.15) is 6.10 Å². The third-order valence-electron chi connectivity index (χ3n) is 2.81. The lowest BCUT2D eigenvalue weighted by atomic mass is 10.3. The van der Waals surface area contributed by atoms with Gasteiger partial charge in [-0.25, -0.2) is 0 Å². The normalized spacial score (nSPS) is 23.7. The van der Waals surface area contributed by atoms with Gasteiger partial charge in [-0.05, 0) is 20.3 Å². The Bertz CT molecular complexity index is 208. The number of aliphatic hydroxyl groups is 1. The molecule has 0 aliphatic carbocycles. The Morgan fingerprint density at radius 2 is 1.83 bits per heavy atom. The van der Waals surface area contributed by atoms with Crippen molar-refractivity contribution in [1.82, 2.24) is 0 Å². The molecule has 1 aliphatic heterocycles. The van der Waals surface area contributed by atoms with E-state index in [-0.39, 0.29) is 24.9 Å². The smallest absolute Gasteiger partial charge is 0.104 e. The summed E-state index contributed by atoms with van der Waals surface area (Å²) in [5.41, 5.74) is 0. The largest absolute Gasteiger partial charge is 0.394 e. The van der Waals surface area contributed by atoms with Crippen molar-refractivity contribution in [1.29, 1.82) is 0 Å². The average molecular weight is 262 g/mol. The van der Waals surface area contributed by atoms with Crippen molar-refractivity contribution in [3.8, 4) is 0 Å². The summed E-state index contributed by atoms with van der Waals surface area (Å²) in [5.74, 6) is 0. The molecule has 0 aromatic heterocycles. The van der Waals surface area contributed by atoms with Crippen LogP contribution < -0.4 is 0 Å². The average Bonchev–Trinajstić information content (AvgIpc) is 3.20. The van der Waals surface area contributed by atoms with Gasteiger partial charge < -0.3 is 24.1 Å². The molecule has 0 aromatic carbocycles. The summed E-state index contributed by atoms with van der Waals surface area (Å²) in [5, 5.41) is 8.83. The molecule has 1 fully saturated rings. The molecule has 1 heterocycles. The minimum absolute atomic E-state index is 0.00817. The van der Waals surface area contributed by atoms with Gasteiger partial charge in [-0.15, -0.1) is 0 Å². The van der Waals surface area contributed by atoms with Crippen LogP contribution in [-0.4, -0.2) is 62.6 Å². The second-order valence-corrected chi connectivity index (χ2v) is 4.79. The molecule has 0 amide bonds. The third-order valence-corrected chi connectivity index (χ3v) is 2.81. The van der Waals surface area contributed by atoms with Gasteiger partial charge >= 0.3 is 0 Å². The number of epoxide rings is 1. The van der Waals surface area contributed by atoms with Crippen LogP contribution in [0.2, 0.25) is 0 Å². The van der Waals surface area contributed by atoms with E-state index in [0.717, 1.165) is 13.0 Å². The Morgan fingerprint density at radius 1 is 1.17 bits per heavy atom. The van der Waals surface area contributed by atoms with Gasteiger partial charge in [0.05, 0.1) is 51.3 Å². The van der Waals surface area contributed by atoms with Gasteiger partial charge in [-0.2, -0.15) is 0 Å². The minimum Gasteiger partial charge on any atom is -0.394 e. The highest BCUT2D eigenvalue weighted by Crippen LogP contribution is 2.11. The van der Waals surface area contributed by atoms with Crippen LogP contribution in [0.3, 0.4) is 0 Å². The Labute approximate surface area is 109 Å². The van der Waals surface area contributed by atoms with Gasteiger partial charge in [-0.3, -0.25) is 0 Å². The molecule has 0 saturated carbocycles. The Morgan fingerprint density at radius 3 is 2.39 bits per heavy atom. The van der Waals surface area contributed by atoms with Crippen LogP contribution in [0.15, 0.2) is 0 Å². The fraction of sp³-hybridized carbons (Fsp3) is 1.00. The van der Waals surface area contributed by atoms with Gasteiger partial charge in [0.2, 0.25) is 0 Å². The summed E-state index contributed by atoms with van der Waals surface area (Å²) >= 11 is 0. The van der Waals surface area contributed by atoms with E-state index in [2.05, 4.69) is 6.92 Å². The summed E-state index contributed by atoms with van der Waals surface area (Å²) in [6, 6.07) is 0. The Balaban J connectivity index is 2.04. The van der Waals surface area contributed by atoms with Crippen LogP contribution in [0.1, 0.15) is 27.2 Å². The van der Waals surface area contributed by atoms with Crippen LogP contribution in [0.25, 0.3) is 0 Å². The van der Waals surface area contributed by atoms with Crippen LogP contribution in [0.4, 0.5) is 0 Å². The number of hydrogen-bond acceptors (Lipinski definition) is 5. The van der Waals surface area contributed by atoms with Crippen molar-refractivity contribution in [2.24, 2.45) is 0 Å². The lowest BCUT2D eigenvalue weighted by Gasteiger charge is -2.20. The summed E-state index contributed by atoms with van der Waals surface area (Å²) < 4.78 is 21.8. The van der Waals surface area contributed by atoms with E-state index in [0.29, 0.717) is 25.9 Å². The molecule has 1 N–H and O–H groups in total. The van der Waals surface area contributed by atoms with Crippen molar-refractivity contribution < 1.29 is 24.1 Å². The zero-order valence-corrected chi connectivity index (χ0v) is 11.6. The fourth-order valence-corrected chi connectivity index (χ4v) is 1.36. The minimum atomic E-state index is -0.138. The van der Waals surface area contributed by atoms with Crippen molar-refractivity contribution >= 4 is 0 Å². The molecule has 0 radical (unpaired) electrons. The van der Waals surface area contributed by atoms with Gasteiger partial charge in [-0.1, -0.05) is 6.92 Å². The number of ether oxygens (including phenoxy) is 4. The quantitative estimate of drug-likeness (QED) is 0.563. The van der Waals surface area contributed by atoms with E-state index in [4.69, 9.17) is 24.1 Å². The first-order valence-electron chi connectivity index (χ1n) is 6.73. The topological polar surface area (TPSA) is 60.5 Å². The maximum Gasteiger partial charge on any atom is 0.104 e. The van der Waals surface area contributed by atoms with Gasteiger partial charge in [0.25, 0.3) is 0 Å². The molecule has 0 aromatic rings. The van der Waals surface area contributed by atoms with Crippen molar-refractivity contribution in [2.45, 2.75) is 51.6 Å². The van der Waals surface area contributed by atoms with Crippen LogP contribution in [0.5, 0.6) is 0 Å². The van der Waals surface area contributed by atoms with Crippen molar-refractivity contribution in [2.75, 3.05) is 33.0 Å². The molecule has 4 atom stereocenters. The van der Waals surface area contributed by atoms with Crippen molar-refractivity contribution in [3.63, 3.8) is 0 Å². The summed E-state index contributed by atoms with van der Waals surface area (Å²) in [4.78, 5) is 0. The van der Waals surface area contributed by atoms with E-state index < -0.39 is 0 Å². The second kappa shape index (κ2) is 8.82. The van der Waals surface area contributed by atoms with E-state index in [1.54, 1.807) is 0 Å². The molecule has 1 aliphatic rings. The third kappa shape index (κ3) is 7.28. The Hall–Kier alpha value is -0.200. The molecule has 5 heteroatoms. The maximum atomic E-state index is 8.83. The van der Waals surface area contributed by atoms with E-state index in [9.17, 15) is 0 Å². The molecule has 108 valence electrons. The highest BCUT2D eigenvalue weighted by molar-refractivity contribution is 4.69. The first-order valence-corrected chi connectivity index (χ1v) is 6.73. The molecule has 5 nitrogen and oxygen atoms in total. The summed E-state index contributed by atoms with van der Waals surface area (Å²) in [7, 11) is 0. The standard InChI is InChI=1S/C13H26O5/c1-4-12(17-8-13-9-18-13)7-16-11(3)6-15-10(2)5-14/h10-14H,4-9H2,1-3H3. The fourth-order valence-electron chi connectivity index (χ4n) is 1.36. The molecule has 0 bridgehead atoms. The highest BCUT2D eigenvalue weighted by Gasteiger charge is 2.24. The number of rotatable bonds is 11. The van der Waals surface area contributed by atoms with Crippen LogP contribution in [-0.2, 0) is 18.9 Å². The lowest BCUT2D eigenvalue weighted by molar-refractivity contribution is -0.0802. The summed E-state index contributed by atoms with van der Waals surface area (Å²) in [6.45, 7) is 8.45. The molecule has 18 heavy (non-hydrogen) atoms. The molecular weight excluding hydrogens is 236 g/mol. The second-order valence-electron chi connectivity index (χ2n) is 4.79. The molecular formula is C13H26O5. The first-order chi connectivity index (χ1) is 8.65. The molecule has 4 unspecified atom stereocenters. The predicted molar refractivity (Wildman–Crippen MR) is 67.7 cm³/mol. The van der Waals surface area contributed by atoms with Crippen LogP contribution in [0, 0.1) is 0 Å². The lowest BCUT2D eigenvalue weighted by Crippen LogP contribution is -2.27. The van der Waals surface area contributed by atoms with Gasteiger partial charge in [0, 0.05) is 0 Å². The van der Waals surface area contributed by atoms with E-state index >= 15 is 0 Å². The SMILES string of the molecule is CCC(COC(C)COC(C)CO)OCC1CO1. The Kier molecular flexibility index (Phi) is 7.77. The first kappa shape index (κ1) is 15.9. The monoisotopic (exact) mass is 262 g/mol. The van der Waals surface area contributed by atoms with Crippen LogP contribution >= 0.6 is 0 Å². The summed E-state index contributed by atoms with van der Waals surface area (Å²) in [6.07, 6.45) is 1.21. The van der Waals surface area contributed by atoms with Crippen molar-refractivity contribution in [3.05, 3.63) is 0 Å². The van der Waals surface area contributed by atoms with E-state index in [1.807, 2.05) is 13.8 Å². The predicted octanol–water partition coefficient (Wildman–Crippen LogP) is 0.983. The number of aliphatic hydroxyl groups excluding tert-OH is 1. The molecule has 1 rings (SSSR count).